The van der Waals surface area contributed by atoms with E-state index in [1.807, 2.05) is 28.7 Å². The van der Waals surface area contributed by atoms with Crippen molar-refractivity contribution in [2.45, 2.75) is 76.6 Å². The van der Waals surface area contributed by atoms with Gasteiger partial charge in [0, 0.05) is 37.7 Å². The number of carbonyl (C=O) groups is 6. The largest absolute Gasteiger partial charge is 0.450 e. The Labute approximate surface area is 308 Å². The van der Waals surface area contributed by atoms with Gasteiger partial charge in [-0.05, 0) is 38.7 Å². The Balaban J connectivity index is 2.19. The van der Waals surface area contributed by atoms with Gasteiger partial charge in [0.15, 0.2) is 16.5 Å². The Morgan fingerprint density at radius 3 is 2.08 bits per heavy atom. The summed E-state index contributed by atoms with van der Waals surface area (Å²) in [5, 5.41) is 8.68. The van der Waals surface area contributed by atoms with Crippen LogP contribution >= 0.6 is 45.7 Å². The molecule has 3 N–H and O–H groups in total. The number of thiazole rings is 1. The van der Waals surface area contributed by atoms with Crippen LogP contribution in [-0.2, 0) is 44.6 Å². The quantitative estimate of drug-likeness (QED) is 0.0687. The molecule has 49 heavy (non-hydrogen) atoms. The normalized spacial score (nSPS) is 14.1. The summed E-state index contributed by atoms with van der Waals surface area (Å²) in [6.07, 6.45) is 3.63. The Bertz CT molecular complexity index is 1410. The minimum absolute atomic E-state index is 0.0467. The van der Waals surface area contributed by atoms with Crippen LogP contribution in [-0.4, -0.2) is 101 Å². The van der Waals surface area contributed by atoms with Crippen LogP contribution in [0.15, 0.2) is 36.5 Å². The van der Waals surface area contributed by atoms with Gasteiger partial charge in [0.25, 0.3) is 5.91 Å². The number of nitrogens with zero attached hydrogens (tertiary/aromatic N) is 1. The van der Waals surface area contributed by atoms with Gasteiger partial charge < -0.3 is 30.2 Å². The maximum absolute atomic E-state index is 14.1. The predicted octanol–water partition coefficient (Wildman–Crippen LogP) is 3.20. The zero-order valence-electron chi connectivity index (χ0n) is 28.4. The summed E-state index contributed by atoms with van der Waals surface area (Å²) in [4.78, 5) is 82.1. The molecule has 0 aliphatic carbocycles. The van der Waals surface area contributed by atoms with Crippen LogP contribution in [0.3, 0.4) is 0 Å². The Morgan fingerprint density at radius 2 is 1.53 bits per heavy atom. The van der Waals surface area contributed by atoms with Crippen LogP contribution < -0.4 is 16.0 Å². The predicted molar refractivity (Wildman–Crippen MR) is 196 cm³/mol. The number of halogens is 1. The first-order chi connectivity index (χ1) is 23.3. The lowest BCUT2D eigenvalue weighted by Crippen LogP contribution is -2.60. The van der Waals surface area contributed by atoms with Gasteiger partial charge in [0.2, 0.25) is 11.8 Å². The molecule has 0 radical (unpaired) electrons. The monoisotopic (exact) mass is 832 g/mol. The highest BCUT2D eigenvalue weighted by Gasteiger charge is 2.42. The number of Topliss-reactive ketones (excluding diaryl/α,β-unsaturated/α-hetero) is 1. The number of aromatic nitrogens is 1. The number of hydrogen-bond acceptors (Lipinski definition) is 12. The molecule has 13 nitrogen and oxygen atoms in total. The van der Waals surface area contributed by atoms with E-state index in [-0.39, 0.29) is 35.6 Å². The number of unbranched alkanes of at least 4 members (excludes halogenated alkanes) is 2. The lowest BCUT2D eigenvalue weighted by Gasteiger charge is -2.31. The third-order valence-corrected chi connectivity index (χ3v) is 10.4. The standard InChI is InChI=1S/C33H45IN4O9S2/c1-21-35-17-27(49-21)32(44)38-26(19-46-5)31(43)37-25(18-45-4)30(42)36-24(16-23-12-8-6-9-13-23)29(41)33(3,20-34)47-28(40)14-10-7-11-15-48-22(2)39/h6,8-9,12-13,17,24-26H,7,10-11,14-16,18-20H2,1-5H3,(H,36,42)(H,37,43)(H,38,44). The van der Waals surface area contributed by atoms with Crippen LogP contribution in [0.1, 0.15) is 59.8 Å². The van der Waals surface area contributed by atoms with Gasteiger partial charge in [-0.3, -0.25) is 28.8 Å². The molecule has 3 amide bonds. The molecule has 0 aliphatic rings. The second kappa shape index (κ2) is 22.0. The number of ketones is 1. The number of thioether (sulfide) groups is 1. The van der Waals surface area contributed by atoms with E-state index < -0.39 is 53.2 Å². The maximum atomic E-state index is 14.1. The number of hydrogen-bond donors (Lipinski definition) is 3. The van der Waals surface area contributed by atoms with E-state index in [2.05, 4.69) is 20.9 Å². The van der Waals surface area contributed by atoms with Crippen molar-refractivity contribution in [3.63, 3.8) is 0 Å². The summed E-state index contributed by atoms with van der Waals surface area (Å²) < 4.78 is 16.2. The molecule has 1 aromatic heterocycles. The second-order valence-corrected chi connectivity index (χ2v) is 14.6. The van der Waals surface area contributed by atoms with Crippen molar-refractivity contribution in [1.29, 1.82) is 0 Å². The van der Waals surface area contributed by atoms with Crippen molar-refractivity contribution in [2.24, 2.45) is 0 Å². The van der Waals surface area contributed by atoms with E-state index in [0.717, 1.165) is 29.7 Å². The summed E-state index contributed by atoms with van der Waals surface area (Å²) in [6.45, 7) is 4.36. The molecule has 4 unspecified atom stereocenters. The molecule has 1 heterocycles. The number of methoxy groups -OCH3 is 2. The van der Waals surface area contributed by atoms with Gasteiger partial charge in [-0.25, -0.2) is 4.98 Å². The van der Waals surface area contributed by atoms with Gasteiger partial charge >= 0.3 is 5.97 Å². The minimum Gasteiger partial charge on any atom is -0.450 e. The first-order valence-electron chi connectivity index (χ1n) is 15.6. The third kappa shape index (κ3) is 14.8. The molecule has 16 heteroatoms. The lowest BCUT2D eigenvalue weighted by atomic mass is 9.91. The minimum atomic E-state index is -1.56. The van der Waals surface area contributed by atoms with Gasteiger partial charge in [0.05, 0.1) is 30.5 Å². The van der Waals surface area contributed by atoms with Gasteiger partial charge in [-0.15, -0.1) is 11.3 Å². The van der Waals surface area contributed by atoms with Crippen molar-refractivity contribution in [2.75, 3.05) is 37.6 Å². The molecule has 0 aliphatic heterocycles. The van der Waals surface area contributed by atoms with Crippen LogP contribution in [0.5, 0.6) is 0 Å². The van der Waals surface area contributed by atoms with E-state index in [1.165, 1.54) is 46.0 Å². The van der Waals surface area contributed by atoms with Gasteiger partial charge in [-0.2, -0.15) is 0 Å². The fourth-order valence-corrected chi connectivity index (χ4v) is 6.43. The number of benzene rings is 1. The van der Waals surface area contributed by atoms with Crippen LogP contribution in [0.25, 0.3) is 0 Å². The van der Waals surface area contributed by atoms with Crippen molar-refractivity contribution >= 4 is 80.3 Å². The highest BCUT2D eigenvalue weighted by atomic mass is 127. The number of nitrogens with one attached hydrogen (secondary N) is 3. The molecule has 0 fully saturated rings. The highest BCUT2D eigenvalue weighted by molar-refractivity contribution is 14.1. The molecule has 0 saturated carbocycles. The van der Waals surface area contributed by atoms with Crippen LogP contribution in [0.4, 0.5) is 0 Å². The molecule has 2 aromatic rings. The SMILES string of the molecule is COCC(NC(=O)c1cnc(C)s1)C(=O)NC(COC)C(=O)NC(Cc1ccccc1)C(=O)C(C)(CI)OC(=O)CCCCCSC(C)=O. The first kappa shape index (κ1) is 42.2. The van der Waals surface area contributed by atoms with E-state index in [0.29, 0.717) is 22.1 Å². The fourth-order valence-electron chi connectivity index (χ4n) is 4.58. The average molecular weight is 833 g/mol. The highest BCUT2D eigenvalue weighted by Crippen LogP contribution is 2.22. The van der Waals surface area contributed by atoms with Gasteiger partial charge in [0.1, 0.15) is 17.0 Å². The summed E-state index contributed by atoms with van der Waals surface area (Å²) in [5.74, 6) is -2.32. The maximum Gasteiger partial charge on any atom is 0.306 e. The van der Waals surface area contributed by atoms with Crippen molar-refractivity contribution in [3.05, 3.63) is 52.0 Å². The third-order valence-electron chi connectivity index (χ3n) is 7.13. The molecule has 2 rings (SSSR count). The number of esters is 1. The van der Waals surface area contributed by atoms with Crippen molar-refractivity contribution < 1.29 is 43.0 Å². The van der Waals surface area contributed by atoms with Crippen molar-refractivity contribution in [1.82, 2.24) is 20.9 Å². The number of carbonyl (C=O) groups excluding carboxylic acids is 6. The molecule has 0 spiro atoms. The van der Waals surface area contributed by atoms with Gasteiger partial charge in [-0.1, -0.05) is 71.1 Å². The number of rotatable bonds is 22. The van der Waals surface area contributed by atoms with E-state index in [1.54, 1.807) is 31.2 Å². The topological polar surface area (TPSA) is 179 Å². The van der Waals surface area contributed by atoms with Crippen LogP contribution in [0, 0.1) is 6.92 Å². The zero-order chi connectivity index (χ0) is 36.4. The Morgan fingerprint density at radius 1 is 0.918 bits per heavy atom. The summed E-state index contributed by atoms with van der Waals surface area (Å²) in [7, 11) is 2.73. The number of alkyl halides is 1. The average Bonchev–Trinajstić information content (AvgIpc) is 3.51. The number of aryl methyl sites for hydroxylation is 1. The lowest BCUT2D eigenvalue weighted by molar-refractivity contribution is -0.164. The van der Waals surface area contributed by atoms with E-state index >= 15 is 0 Å². The number of ether oxygens (including phenoxy) is 3. The molecular formula is C33H45IN4O9S2. The van der Waals surface area contributed by atoms with Crippen LogP contribution in [0.2, 0.25) is 0 Å². The Hall–Kier alpha value is -2.93. The molecule has 0 saturated heterocycles. The van der Waals surface area contributed by atoms with E-state index in [9.17, 15) is 28.8 Å². The second-order valence-electron chi connectivity index (χ2n) is 11.3. The first-order valence-corrected chi connectivity index (χ1v) is 19.0. The smallest absolute Gasteiger partial charge is 0.306 e. The number of amides is 3. The van der Waals surface area contributed by atoms with E-state index in [4.69, 9.17) is 14.2 Å². The summed E-state index contributed by atoms with van der Waals surface area (Å²) in [6, 6.07) is 5.51. The Kier molecular flexibility index (Phi) is 19.0. The molecule has 1 aromatic carbocycles. The fraction of sp³-hybridized carbons (Fsp3) is 0.545. The zero-order valence-corrected chi connectivity index (χ0v) is 32.2. The van der Waals surface area contributed by atoms with Crippen molar-refractivity contribution in [3.8, 4) is 0 Å². The summed E-state index contributed by atoms with van der Waals surface area (Å²) >= 11 is 4.38. The molecule has 0 bridgehead atoms. The molecular weight excluding hydrogens is 787 g/mol. The summed E-state index contributed by atoms with van der Waals surface area (Å²) in [5.41, 5.74) is -0.808. The molecule has 4 atom stereocenters. The molecule has 270 valence electrons.